The monoisotopic (exact) mass is 383 g/mol. The first-order valence-electron chi connectivity index (χ1n) is 7.71. The second-order valence-electron chi connectivity index (χ2n) is 5.37. The van der Waals surface area contributed by atoms with E-state index in [1.807, 2.05) is 41.0 Å². The van der Waals surface area contributed by atoms with E-state index < -0.39 is 5.25 Å². The average Bonchev–Trinajstić information content (AvgIpc) is 3.10. The Bertz CT molecular complexity index is 967. The van der Waals surface area contributed by atoms with Gasteiger partial charge in [0.05, 0.1) is 15.8 Å². The number of para-hydroxylation sites is 1. The molecular weight excluding hydrogens is 370 g/mol. The Balaban J connectivity index is 1.70. The first-order valence-corrected chi connectivity index (χ1v) is 8.97. The fraction of sp³-hybridized carbons (Fsp3) is 0.111. The zero-order valence-electron chi connectivity index (χ0n) is 13.8. The highest BCUT2D eigenvalue weighted by molar-refractivity contribution is 8.00. The highest BCUT2D eigenvalue weighted by atomic mass is 35.5. The van der Waals surface area contributed by atoms with Crippen molar-refractivity contribution in [2.75, 3.05) is 5.32 Å². The minimum atomic E-state index is -0.406. The molecule has 0 aliphatic carbocycles. The smallest absolute Gasteiger partial charge is 0.237 e. The Hall–Kier alpha value is -2.82. The molecule has 3 rings (SSSR count). The van der Waals surface area contributed by atoms with Gasteiger partial charge in [-0.15, -0.1) is 10.2 Å². The molecule has 0 fully saturated rings. The van der Waals surface area contributed by atoms with Crippen LogP contribution in [-0.2, 0) is 4.79 Å². The minimum absolute atomic E-state index is 0.196. The number of aromatic nitrogens is 3. The number of carbonyl (C=O) groups excluding carboxylic acids is 1. The number of carbonyl (C=O) groups is 1. The van der Waals surface area contributed by atoms with E-state index in [-0.39, 0.29) is 5.91 Å². The summed E-state index contributed by atoms with van der Waals surface area (Å²) in [6, 6.07) is 16.4. The van der Waals surface area contributed by atoms with Crippen LogP contribution in [0.15, 0.2) is 60.0 Å². The second-order valence-corrected chi connectivity index (χ2v) is 7.09. The molecule has 0 aliphatic heterocycles. The predicted octanol–water partition coefficient (Wildman–Crippen LogP) is 3.91. The molecule has 0 spiro atoms. The van der Waals surface area contributed by atoms with Crippen molar-refractivity contribution >= 4 is 35.0 Å². The van der Waals surface area contributed by atoms with E-state index in [1.54, 1.807) is 31.5 Å². The number of amides is 1. The Labute approximate surface area is 159 Å². The van der Waals surface area contributed by atoms with Crippen LogP contribution in [0, 0.1) is 11.3 Å². The van der Waals surface area contributed by atoms with Gasteiger partial charge >= 0.3 is 0 Å². The molecule has 130 valence electrons. The highest BCUT2D eigenvalue weighted by Gasteiger charge is 2.19. The third-order valence-electron chi connectivity index (χ3n) is 3.56. The molecule has 3 aromatic rings. The molecule has 1 aromatic heterocycles. The van der Waals surface area contributed by atoms with E-state index in [0.29, 0.717) is 21.4 Å². The van der Waals surface area contributed by atoms with Crippen LogP contribution < -0.4 is 5.32 Å². The number of benzene rings is 2. The van der Waals surface area contributed by atoms with Crippen LogP contribution >= 0.6 is 23.4 Å². The summed E-state index contributed by atoms with van der Waals surface area (Å²) in [6.45, 7) is 1.79. The Morgan fingerprint density at radius 3 is 2.77 bits per heavy atom. The van der Waals surface area contributed by atoms with Gasteiger partial charge in [-0.25, -0.2) is 0 Å². The van der Waals surface area contributed by atoms with Gasteiger partial charge in [0, 0.05) is 11.4 Å². The largest absolute Gasteiger partial charge is 0.325 e. The molecule has 0 radical (unpaired) electrons. The summed E-state index contributed by atoms with van der Waals surface area (Å²) in [5.74, 6) is -0.196. The molecule has 0 bridgehead atoms. The molecule has 1 atom stereocenters. The van der Waals surface area contributed by atoms with E-state index in [4.69, 9.17) is 16.9 Å². The maximum absolute atomic E-state index is 12.5. The number of hydrogen-bond donors (Lipinski definition) is 1. The molecule has 1 heterocycles. The molecule has 8 heteroatoms. The summed E-state index contributed by atoms with van der Waals surface area (Å²) in [6.07, 6.45) is 1.61. The number of thioether (sulfide) groups is 1. The van der Waals surface area contributed by atoms with Crippen molar-refractivity contribution in [3.8, 4) is 11.8 Å². The van der Waals surface area contributed by atoms with Crippen LogP contribution in [0.2, 0.25) is 5.02 Å². The number of hydrogen-bond acceptors (Lipinski definition) is 5. The molecule has 1 amide bonds. The average molecular weight is 384 g/mol. The maximum atomic E-state index is 12.5. The third kappa shape index (κ3) is 4.04. The van der Waals surface area contributed by atoms with Gasteiger partial charge in [-0.1, -0.05) is 41.6 Å². The van der Waals surface area contributed by atoms with Crippen molar-refractivity contribution in [2.24, 2.45) is 0 Å². The quantitative estimate of drug-likeness (QED) is 0.675. The van der Waals surface area contributed by atoms with Crippen LogP contribution in [0.5, 0.6) is 0 Å². The zero-order chi connectivity index (χ0) is 18.5. The van der Waals surface area contributed by atoms with E-state index in [2.05, 4.69) is 15.5 Å². The lowest BCUT2D eigenvalue weighted by Gasteiger charge is -2.13. The molecule has 0 aliphatic rings. The lowest BCUT2D eigenvalue weighted by Crippen LogP contribution is -2.22. The van der Waals surface area contributed by atoms with E-state index in [0.717, 1.165) is 5.69 Å². The molecule has 0 saturated carbocycles. The van der Waals surface area contributed by atoms with E-state index >= 15 is 0 Å². The van der Waals surface area contributed by atoms with Gasteiger partial charge < -0.3 is 5.32 Å². The first kappa shape index (κ1) is 18.0. The van der Waals surface area contributed by atoms with Crippen LogP contribution in [0.1, 0.15) is 12.5 Å². The summed E-state index contributed by atoms with van der Waals surface area (Å²) < 4.78 is 1.83. The number of halogens is 1. The zero-order valence-corrected chi connectivity index (χ0v) is 15.3. The number of anilines is 1. The van der Waals surface area contributed by atoms with Crippen LogP contribution in [-0.4, -0.2) is 25.9 Å². The maximum Gasteiger partial charge on any atom is 0.237 e. The van der Waals surface area contributed by atoms with Gasteiger partial charge in [-0.2, -0.15) is 5.26 Å². The van der Waals surface area contributed by atoms with Crippen molar-refractivity contribution in [2.45, 2.75) is 17.3 Å². The predicted molar refractivity (Wildman–Crippen MR) is 101 cm³/mol. The molecule has 0 saturated heterocycles. The highest BCUT2D eigenvalue weighted by Crippen LogP contribution is 2.25. The second kappa shape index (κ2) is 8.04. The van der Waals surface area contributed by atoms with Crippen LogP contribution in [0.3, 0.4) is 0 Å². The molecule has 1 unspecified atom stereocenters. The Morgan fingerprint density at radius 2 is 2.08 bits per heavy atom. The summed E-state index contributed by atoms with van der Waals surface area (Å²) in [7, 11) is 0. The lowest BCUT2D eigenvalue weighted by atomic mass is 10.2. The number of nitrogens with one attached hydrogen (secondary N) is 1. The summed E-state index contributed by atoms with van der Waals surface area (Å²) >= 11 is 7.30. The number of nitrogens with zero attached hydrogens (tertiary/aromatic N) is 4. The fourth-order valence-electron chi connectivity index (χ4n) is 2.21. The fourth-order valence-corrected chi connectivity index (χ4v) is 3.27. The third-order valence-corrected chi connectivity index (χ3v) is 4.93. The minimum Gasteiger partial charge on any atom is -0.325 e. The van der Waals surface area contributed by atoms with Gasteiger partial charge in [0.1, 0.15) is 12.4 Å². The lowest BCUT2D eigenvalue weighted by molar-refractivity contribution is -0.115. The Kier molecular flexibility index (Phi) is 5.56. The van der Waals surface area contributed by atoms with Gasteiger partial charge in [0.15, 0.2) is 5.16 Å². The van der Waals surface area contributed by atoms with E-state index in [9.17, 15) is 4.79 Å². The van der Waals surface area contributed by atoms with Gasteiger partial charge in [0.25, 0.3) is 0 Å². The topological polar surface area (TPSA) is 83.6 Å². The standard InChI is InChI=1S/C18H14ClN5OS/c1-12(17(25)22-14-8-7-13(10-20)16(19)9-14)26-18-23-21-11-24(18)15-5-3-2-4-6-15/h2-9,11-12H,1H3,(H,22,25). The molecular formula is C18H14ClN5OS. The van der Waals surface area contributed by atoms with Crippen LogP contribution in [0.25, 0.3) is 5.69 Å². The summed E-state index contributed by atoms with van der Waals surface area (Å²) in [5, 5.41) is 20.2. The van der Waals surface area contributed by atoms with Crippen molar-refractivity contribution < 1.29 is 4.79 Å². The Morgan fingerprint density at radius 1 is 1.31 bits per heavy atom. The number of nitriles is 1. The van der Waals surface area contributed by atoms with Crippen molar-refractivity contribution in [1.29, 1.82) is 5.26 Å². The molecule has 6 nitrogen and oxygen atoms in total. The molecule has 1 N–H and O–H groups in total. The van der Waals surface area contributed by atoms with Crippen molar-refractivity contribution in [1.82, 2.24) is 14.8 Å². The number of rotatable bonds is 5. The van der Waals surface area contributed by atoms with E-state index in [1.165, 1.54) is 11.8 Å². The molecule has 2 aromatic carbocycles. The van der Waals surface area contributed by atoms with Crippen LogP contribution in [0.4, 0.5) is 5.69 Å². The summed E-state index contributed by atoms with van der Waals surface area (Å²) in [5.41, 5.74) is 1.82. The SMILES string of the molecule is CC(Sc1nncn1-c1ccccc1)C(=O)Nc1ccc(C#N)c(Cl)c1. The van der Waals surface area contributed by atoms with Gasteiger partial charge in [-0.3, -0.25) is 9.36 Å². The first-order chi connectivity index (χ1) is 12.6. The van der Waals surface area contributed by atoms with Gasteiger partial charge in [-0.05, 0) is 37.3 Å². The summed E-state index contributed by atoms with van der Waals surface area (Å²) in [4.78, 5) is 12.5. The van der Waals surface area contributed by atoms with Crippen molar-refractivity contribution in [3.05, 3.63) is 65.4 Å². The normalized spacial score (nSPS) is 11.6. The van der Waals surface area contributed by atoms with Gasteiger partial charge in [0.2, 0.25) is 5.91 Å². The van der Waals surface area contributed by atoms with Crippen molar-refractivity contribution in [3.63, 3.8) is 0 Å². The molecule has 26 heavy (non-hydrogen) atoms.